The number of hydrogen-bond acceptors (Lipinski definition) is 1. The molecule has 24 heavy (non-hydrogen) atoms. The summed E-state index contributed by atoms with van der Waals surface area (Å²) in [5.74, 6) is -0.910. The largest absolute Gasteiger partial charge is 0.478 e. The first-order valence-electron chi connectivity index (χ1n) is 7.80. The van der Waals surface area contributed by atoms with Gasteiger partial charge in [0.2, 0.25) is 11.0 Å². The van der Waals surface area contributed by atoms with Crippen molar-refractivity contribution in [3.8, 4) is 11.1 Å². The number of para-hydroxylation sites is 2. The van der Waals surface area contributed by atoms with Crippen LogP contribution >= 0.6 is 0 Å². The van der Waals surface area contributed by atoms with Gasteiger partial charge in [0, 0.05) is 17.7 Å². The molecule has 116 valence electrons. The van der Waals surface area contributed by atoms with E-state index in [2.05, 4.69) is 28.8 Å². The zero-order valence-corrected chi connectivity index (χ0v) is 13.2. The smallest absolute Gasteiger partial charge is 0.336 e. The molecule has 0 aliphatic carbocycles. The molecule has 4 rings (SSSR count). The lowest BCUT2D eigenvalue weighted by atomic mass is 9.92. The first-order chi connectivity index (χ1) is 11.7. The Morgan fingerprint density at radius 3 is 1.88 bits per heavy atom. The molecule has 1 aromatic heterocycles. The molecule has 0 bridgehead atoms. The third kappa shape index (κ3) is 2.06. The van der Waals surface area contributed by atoms with Gasteiger partial charge >= 0.3 is 5.97 Å². The van der Waals surface area contributed by atoms with Crippen LogP contribution in [0, 0.1) is 0 Å². The quantitative estimate of drug-likeness (QED) is 0.445. The van der Waals surface area contributed by atoms with E-state index in [0.717, 1.165) is 32.9 Å². The summed E-state index contributed by atoms with van der Waals surface area (Å²) in [6.07, 6.45) is 0. The number of aromatic carboxylic acids is 1. The van der Waals surface area contributed by atoms with Crippen molar-refractivity contribution >= 4 is 27.8 Å². The average molecular weight is 314 g/mol. The molecule has 0 radical (unpaired) electrons. The van der Waals surface area contributed by atoms with Gasteiger partial charge in [0.05, 0.1) is 16.3 Å². The summed E-state index contributed by atoms with van der Waals surface area (Å²) in [7, 11) is 2.04. The highest BCUT2D eigenvalue weighted by Crippen LogP contribution is 2.35. The minimum absolute atomic E-state index is 0.321. The van der Waals surface area contributed by atoms with Crippen LogP contribution in [0.25, 0.3) is 32.9 Å². The zero-order chi connectivity index (χ0) is 16.7. The third-order valence-corrected chi connectivity index (χ3v) is 4.50. The van der Waals surface area contributed by atoms with Gasteiger partial charge in [-0.2, -0.15) is 4.57 Å². The highest BCUT2D eigenvalue weighted by molar-refractivity contribution is 6.11. The summed E-state index contributed by atoms with van der Waals surface area (Å²) >= 11 is 0. The van der Waals surface area contributed by atoms with Gasteiger partial charge in [-0.05, 0) is 23.8 Å². The van der Waals surface area contributed by atoms with Crippen LogP contribution in [0.3, 0.4) is 0 Å². The standard InChI is InChI=1S/C21H15NO2/c1-22-18-12-6-4-10-16(18)20(17-11-5-7-13-19(17)22)14-8-2-3-9-15(14)21(23)24/h2-13H,1H3/p+1. The Bertz CT molecular complexity index is 1040. The number of fused-ring (bicyclic) bond motifs is 2. The second-order valence-corrected chi connectivity index (χ2v) is 5.82. The van der Waals surface area contributed by atoms with Crippen molar-refractivity contribution in [3.05, 3.63) is 78.4 Å². The van der Waals surface area contributed by atoms with Crippen LogP contribution in [0.2, 0.25) is 0 Å². The molecule has 4 aromatic rings. The first-order valence-corrected chi connectivity index (χ1v) is 7.80. The van der Waals surface area contributed by atoms with Crippen molar-refractivity contribution in [2.75, 3.05) is 0 Å². The molecular formula is C21H16NO2+. The van der Waals surface area contributed by atoms with E-state index in [-0.39, 0.29) is 0 Å². The van der Waals surface area contributed by atoms with Crippen LogP contribution in [-0.2, 0) is 7.05 Å². The van der Waals surface area contributed by atoms with Gasteiger partial charge in [0.25, 0.3) is 0 Å². The molecule has 3 heteroatoms. The number of aryl methyl sites for hydroxylation is 1. The van der Waals surface area contributed by atoms with Gasteiger partial charge in [-0.15, -0.1) is 0 Å². The number of rotatable bonds is 2. The van der Waals surface area contributed by atoms with Gasteiger partial charge in [-0.1, -0.05) is 42.5 Å². The van der Waals surface area contributed by atoms with Gasteiger partial charge in [-0.3, -0.25) is 0 Å². The van der Waals surface area contributed by atoms with E-state index >= 15 is 0 Å². The highest BCUT2D eigenvalue weighted by atomic mass is 16.4. The van der Waals surface area contributed by atoms with E-state index in [1.165, 1.54) is 0 Å². The summed E-state index contributed by atoms with van der Waals surface area (Å²) in [4.78, 5) is 11.7. The second-order valence-electron chi connectivity index (χ2n) is 5.82. The Hall–Kier alpha value is -3.20. The molecule has 0 spiro atoms. The minimum atomic E-state index is -0.910. The summed E-state index contributed by atoms with van der Waals surface area (Å²) in [6.45, 7) is 0. The van der Waals surface area contributed by atoms with E-state index in [1.54, 1.807) is 12.1 Å². The van der Waals surface area contributed by atoms with Crippen LogP contribution in [0.5, 0.6) is 0 Å². The molecule has 0 amide bonds. The van der Waals surface area contributed by atoms with Gasteiger partial charge in [0.15, 0.2) is 0 Å². The van der Waals surface area contributed by atoms with Crippen molar-refractivity contribution in [2.45, 2.75) is 0 Å². The van der Waals surface area contributed by atoms with Gasteiger partial charge in [-0.25, -0.2) is 4.79 Å². The third-order valence-electron chi connectivity index (χ3n) is 4.50. The maximum atomic E-state index is 11.7. The second kappa shape index (κ2) is 5.46. The molecule has 0 saturated carbocycles. The first kappa shape index (κ1) is 14.4. The number of carboxylic acids is 1. The predicted molar refractivity (Wildman–Crippen MR) is 95.0 cm³/mol. The maximum Gasteiger partial charge on any atom is 0.336 e. The lowest BCUT2D eigenvalue weighted by molar-refractivity contribution is -0.617. The molecule has 0 aliphatic heterocycles. The number of aromatic nitrogens is 1. The van der Waals surface area contributed by atoms with Crippen LogP contribution < -0.4 is 4.57 Å². The summed E-state index contributed by atoms with van der Waals surface area (Å²) in [5.41, 5.74) is 4.19. The Morgan fingerprint density at radius 2 is 1.29 bits per heavy atom. The van der Waals surface area contributed by atoms with Crippen molar-refractivity contribution in [1.29, 1.82) is 0 Å². The number of hydrogen-bond donors (Lipinski definition) is 1. The Kier molecular flexibility index (Phi) is 3.28. The molecule has 0 saturated heterocycles. The predicted octanol–water partition coefficient (Wildman–Crippen LogP) is 4.18. The molecule has 1 N–H and O–H groups in total. The van der Waals surface area contributed by atoms with Crippen LogP contribution in [-0.4, -0.2) is 11.1 Å². The SMILES string of the molecule is C[n+]1c2ccccc2c(-c2ccccc2C(=O)O)c2ccccc21. The molecular weight excluding hydrogens is 298 g/mol. The summed E-state index contributed by atoms with van der Waals surface area (Å²) in [5, 5.41) is 11.7. The Balaban J connectivity index is 2.27. The van der Waals surface area contributed by atoms with E-state index in [9.17, 15) is 9.90 Å². The lowest BCUT2D eigenvalue weighted by Gasteiger charge is -2.12. The normalized spacial score (nSPS) is 11.0. The van der Waals surface area contributed by atoms with Crippen LogP contribution in [0.4, 0.5) is 0 Å². The van der Waals surface area contributed by atoms with Gasteiger partial charge in [0.1, 0.15) is 7.05 Å². The monoisotopic (exact) mass is 314 g/mol. The molecule has 0 fully saturated rings. The maximum absolute atomic E-state index is 11.7. The molecule has 0 atom stereocenters. The fourth-order valence-corrected chi connectivity index (χ4v) is 3.41. The Labute approximate surface area is 139 Å². The van der Waals surface area contributed by atoms with Crippen molar-refractivity contribution in [3.63, 3.8) is 0 Å². The van der Waals surface area contributed by atoms with Crippen molar-refractivity contribution < 1.29 is 14.5 Å². The Morgan fingerprint density at radius 1 is 0.792 bits per heavy atom. The summed E-state index contributed by atoms with van der Waals surface area (Å²) < 4.78 is 2.15. The number of carbonyl (C=O) groups is 1. The van der Waals surface area contributed by atoms with Crippen LogP contribution in [0.1, 0.15) is 10.4 Å². The highest BCUT2D eigenvalue weighted by Gasteiger charge is 2.21. The number of pyridine rings is 1. The molecule has 3 aromatic carbocycles. The fraction of sp³-hybridized carbons (Fsp3) is 0.0476. The van der Waals surface area contributed by atoms with E-state index in [0.29, 0.717) is 5.56 Å². The minimum Gasteiger partial charge on any atom is -0.478 e. The lowest BCUT2D eigenvalue weighted by Crippen LogP contribution is -2.30. The number of benzene rings is 3. The van der Waals surface area contributed by atoms with Crippen LogP contribution in [0.15, 0.2) is 72.8 Å². The van der Waals surface area contributed by atoms with Gasteiger partial charge < -0.3 is 5.11 Å². The van der Waals surface area contributed by atoms with E-state index in [1.807, 2.05) is 43.4 Å². The molecule has 0 unspecified atom stereocenters. The van der Waals surface area contributed by atoms with E-state index in [4.69, 9.17) is 0 Å². The zero-order valence-electron chi connectivity index (χ0n) is 13.2. The molecule has 3 nitrogen and oxygen atoms in total. The molecule has 1 heterocycles. The summed E-state index contributed by atoms with van der Waals surface area (Å²) in [6, 6.07) is 23.4. The number of nitrogens with zero attached hydrogens (tertiary/aromatic N) is 1. The van der Waals surface area contributed by atoms with E-state index < -0.39 is 5.97 Å². The molecule has 0 aliphatic rings. The average Bonchev–Trinajstić information content (AvgIpc) is 2.62. The fourth-order valence-electron chi connectivity index (χ4n) is 3.41. The number of carboxylic acid groups (broad SMARTS) is 1. The van der Waals surface area contributed by atoms with Crippen molar-refractivity contribution in [1.82, 2.24) is 0 Å². The topological polar surface area (TPSA) is 41.2 Å². The van der Waals surface area contributed by atoms with Crippen molar-refractivity contribution in [2.24, 2.45) is 7.05 Å².